The van der Waals surface area contributed by atoms with E-state index in [4.69, 9.17) is 5.11 Å². The first-order valence-electron chi connectivity index (χ1n) is 5.97. The Bertz CT molecular complexity index is 485. The number of carboxylic acid groups (broad SMARTS) is 1. The van der Waals surface area contributed by atoms with Gasteiger partial charge in [0.05, 0.1) is 0 Å². The van der Waals surface area contributed by atoms with Crippen molar-refractivity contribution < 1.29 is 19.1 Å². The SMILES string of the molecule is CCCN(CC(=O)O)C(=O)/C=C/c1cccc(F)c1. The molecule has 4 nitrogen and oxygen atoms in total. The number of rotatable bonds is 6. The van der Waals surface area contributed by atoms with Crippen LogP contribution >= 0.6 is 0 Å². The van der Waals surface area contributed by atoms with Crippen LogP contribution < -0.4 is 0 Å². The molecule has 0 saturated carbocycles. The van der Waals surface area contributed by atoms with E-state index < -0.39 is 11.9 Å². The lowest BCUT2D eigenvalue weighted by molar-refractivity contribution is -0.142. The molecule has 0 saturated heterocycles. The van der Waals surface area contributed by atoms with Crippen LogP contribution in [0.4, 0.5) is 4.39 Å². The smallest absolute Gasteiger partial charge is 0.323 e. The van der Waals surface area contributed by atoms with Gasteiger partial charge < -0.3 is 10.0 Å². The van der Waals surface area contributed by atoms with Crippen LogP contribution in [0.25, 0.3) is 6.08 Å². The maximum Gasteiger partial charge on any atom is 0.323 e. The topological polar surface area (TPSA) is 57.6 Å². The molecule has 0 radical (unpaired) electrons. The zero-order chi connectivity index (χ0) is 14.3. The molecule has 5 heteroatoms. The first-order valence-corrected chi connectivity index (χ1v) is 5.97. The van der Waals surface area contributed by atoms with E-state index in [0.717, 1.165) is 0 Å². The number of aliphatic carboxylic acids is 1. The van der Waals surface area contributed by atoms with Gasteiger partial charge in [-0.3, -0.25) is 9.59 Å². The lowest BCUT2D eigenvalue weighted by atomic mass is 10.2. The standard InChI is InChI=1S/C14H16FNO3/c1-2-8-16(10-14(18)19)13(17)7-6-11-4-3-5-12(15)9-11/h3-7,9H,2,8,10H2,1H3,(H,18,19)/b7-6+. The van der Waals surface area contributed by atoms with Crippen LogP contribution in [-0.2, 0) is 9.59 Å². The molecule has 0 atom stereocenters. The Morgan fingerprint density at radius 2 is 2.16 bits per heavy atom. The largest absolute Gasteiger partial charge is 0.480 e. The highest BCUT2D eigenvalue weighted by Crippen LogP contribution is 2.06. The van der Waals surface area contributed by atoms with E-state index in [1.807, 2.05) is 6.92 Å². The Morgan fingerprint density at radius 3 is 2.74 bits per heavy atom. The van der Waals surface area contributed by atoms with E-state index in [2.05, 4.69) is 0 Å². The zero-order valence-electron chi connectivity index (χ0n) is 10.7. The molecular weight excluding hydrogens is 249 g/mol. The fourth-order valence-electron chi connectivity index (χ4n) is 1.58. The van der Waals surface area contributed by atoms with E-state index >= 15 is 0 Å². The number of carboxylic acids is 1. The summed E-state index contributed by atoms with van der Waals surface area (Å²) in [4.78, 5) is 23.7. The van der Waals surface area contributed by atoms with Crippen molar-refractivity contribution in [1.82, 2.24) is 4.90 Å². The maximum atomic E-state index is 12.9. The highest BCUT2D eigenvalue weighted by molar-refractivity contribution is 5.93. The summed E-state index contributed by atoms with van der Waals surface area (Å²) in [6.45, 7) is 1.90. The Labute approximate surface area is 111 Å². The quantitative estimate of drug-likeness (QED) is 0.802. The number of amides is 1. The average molecular weight is 265 g/mol. The van der Waals surface area contributed by atoms with Crippen molar-refractivity contribution in [2.24, 2.45) is 0 Å². The summed E-state index contributed by atoms with van der Waals surface area (Å²) in [5.41, 5.74) is 0.556. The van der Waals surface area contributed by atoms with E-state index in [0.29, 0.717) is 18.5 Å². The fourth-order valence-corrected chi connectivity index (χ4v) is 1.58. The van der Waals surface area contributed by atoms with E-state index in [-0.39, 0.29) is 12.4 Å². The molecule has 0 unspecified atom stereocenters. The zero-order valence-corrected chi connectivity index (χ0v) is 10.7. The molecule has 1 amide bonds. The van der Waals surface area contributed by atoms with E-state index in [9.17, 15) is 14.0 Å². The summed E-state index contributed by atoms with van der Waals surface area (Å²) >= 11 is 0. The molecule has 1 rings (SSSR count). The van der Waals surface area contributed by atoms with Crippen LogP contribution in [0.3, 0.4) is 0 Å². The molecule has 0 aliphatic carbocycles. The number of nitrogens with zero attached hydrogens (tertiary/aromatic N) is 1. The van der Waals surface area contributed by atoms with Crippen molar-refractivity contribution >= 4 is 18.0 Å². The van der Waals surface area contributed by atoms with Crippen LogP contribution in [0.2, 0.25) is 0 Å². The number of hydrogen-bond donors (Lipinski definition) is 1. The lowest BCUT2D eigenvalue weighted by Gasteiger charge is -2.17. The van der Waals surface area contributed by atoms with Crippen molar-refractivity contribution in [2.75, 3.05) is 13.1 Å². The van der Waals surface area contributed by atoms with Crippen LogP contribution in [0.15, 0.2) is 30.3 Å². The van der Waals surface area contributed by atoms with Crippen molar-refractivity contribution in [3.8, 4) is 0 Å². The molecule has 102 valence electrons. The third-order valence-corrected chi connectivity index (χ3v) is 2.40. The van der Waals surface area contributed by atoms with Gasteiger partial charge in [0.25, 0.3) is 0 Å². The molecule has 0 aliphatic heterocycles. The Balaban J connectivity index is 2.72. The van der Waals surface area contributed by atoms with Gasteiger partial charge >= 0.3 is 5.97 Å². The van der Waals surface area contributed by atoms with Crippen molar-refractivity contribution in [2.45, 2.75) is 13.3 Å². The molecule has 0 spiro atoms. The first kappa shape index (κ1) is 14.9. The van der Waals surface area contributed by atoms with Crippen LogP contribution in [0, 0.1) is 5.82 Å². The lowest BCUT2D eigenvalue weighted by Crippen LogP contribution is -2.35. The second kappa shape index (κ2) is 7.31. The van der Waals surface area contributed by atoms with Gasteiger partial charge in [0.2, 0.25) is 5.91 Å². The number of carbonyl (C=O) groups excluding carboxylic acids is 1. The molecule has 1 aromatic rings. The average Bonchev–Trinajstić information content (AvgIpc) is 2.35. The molecular formula is C14H16FNO3. The summed E-state index contributed by atoms with van der Waals surface area (Å²) in [6, 6.07) is 5.81. The summed E-state index contributed by atoms with van der Waals surface area (Å²) in [6.07, 6.45) is 3.40. The van der Waals surface area contributed by atoms with Gasteiger partial charge in [-0.25, -0.2) is 4.39 Å². The normalized spacial score (nSPS) is 10.6. The third-order valence-electron chi connectivity index (χ3n) is 2.40. The van der Waals surface area contributed by atoms with E-state index in [1.54, 1.807) is 12.1 Å². The monoisotopic (exact) mass is 265 g/mol. The van der Waals surface area contributed by atoms with Gasteiger partial charge in [-0.2, -0.15) is 0 Å². The molecule has 0 heterocycles. The molecule has 0 bridgehead atoms. The predicted octanol–water partition coefficient (Wildman–Crippen LogP) is 2.16. The molecule has 19 heavy (non-hydrogen) atoms. The van der Waals surface area contributed by atoms with Gasteiger partial charge in [0.15, 0.2) is 0 Å². The Kier molecular flexibility index (Phi) is 5.73. The number of hydrogen-bond acceptors (Lipinski definition) is 2. The minimum Gasteiger partial charge on any atom is -0.480 e. The fraction of sp³-hybridized carbons (Fsp3) is 0.286. The van der Waals surface area contributed by atoms with E-state index in [1.165, 1.54) is 29.2 Å². The number of halogens is 1. The highest BCUT2D eigenvalue weighted by Gasteiger charge is 2.12. The Hall–Kier alpha value is -2.17. The first-order chi connectivity index (χ1) is 9.02. The van der Waals surface area contributed by atoms with Gasteiger partial charge in [-0.1, -0.05) is 19.1 Å². The van der Waals surface area contributed by atoms with Gasteiger partial charge in [-0.15, -0.1) is 0 Å². The number of benzene rings is 1. The summed E-state index contributed by atoms with van der Waals surface area (Å²) in [5.74, 6) is -1.83. The molecule has 0 aromatic heterocycles. The minimum atomic E-state index is -1.05. The second-order valence-corrected chi connectivity index (χ2v) is 4.04. The van der Waals surface area contributed by atoms with Crippen LogP contribution in [-0.4, -0.2) is 35.0 Å². The summed E-state index contributed by atoms with van der Waals surface area (Å²) in [7, 11) is 0. The molecule has 0 aliphatic rings. The highest BCUT2D eigenvalue weighted by atomic mass is 19.1. The predicted molar refractivity (Wildman–Crippen MR) is 69.9 cm³/mol. The second-order valence-electron chi connectivity index (χ2n) is 4.04. The minimum absolute atomic E-state index is 0.333. The van der Waals surface area contributed by atoms with Gasteiger partial charge in [0.1, 0.15) is 12.4 Å². The van der Waals surface area contributed by atoms with Crippen molar-refractivity contribution in [3.63, 3.8) is 0 Å². The molecule has 0 fully saturated rings. The van der Waals surface area contributed by atoms with Crippen LogP contribution in [0.5, 0.6) is 0 Å². The summed E-state index contributed by atoms with van der Waals surface area (Å²) in [5, 5.41) is 8.71. The Morgan fingerprint density at radius 1 is 1.42 bits per heavy atom. The van der Waals surface area contributed by atoms with Crippen LogP contribution in [0.1, 0.15) is 18.9 Å². The van der Waals surface area contributed by atoms with Crippen molar-refractivity contribution in [1.29, 1.82) is 0 Å². The van der Waals surface area contributed by atoms with Crippen molar-refractivity contribution in [3.05, 3.63) is 41.7 Å². The van der Waals surface area contributed by atoms with Gasteiger partial charge in [0, 0.05) is 12.6 Å². The third kappa shape index (κ3) is 5.33. The maximum absolute atomic E-state index is 12.9. The van der Waals surface area contributed by atoms with Gasteiger partial charge in [-0.05, 0) is 30.2 Å². The summed E-state index contributed by atoms with van der Waals surface area (Å²) < 4.78 is 12.9. The molecule has 1 aromatic carbocycles. The molecule has 1 N–H and O–H groups in total. The number of carbonyl (C=O) groups is 2.